The van der Waals surface area contributed by atoms with Gasteiger partial charge in [0.15, 0.2) is 0 Å². The van der Waals surface area contributed by atoms with E-state index in [4.69, 9.17) is 5.53 Å². The van der Waals surface area contributed by atoms with Crippen molar-refractivity contribution in [3.05, 3.63) is 5.53 Å². The molecule has 0 aromatic heterocycles. The van der Waals surface area contributed by atoms with E-state index in [2.05, 4.69) is 18.6 Å². The van der Waals surface area contributed by atoms with E-state index in [0.29, 0.717) is 11.8 Å². The maximum absolute atomic E-state index is 11.7. The number of Topliss-reactive ketones (excluding diaryl/α,β-unsaturated/α-hetero) is 1. The van der Waals surface area contributed by atoms with Crippen LogP contribution < -0.4 is 0 Å². The summed E-state index contributed by atoms with van der Waals surface area (Å²) in [7, 11) is 0. The van der Waals surface area contributed by atoms with Gasteiger partial charge in [-0.25, -0.2) is 0 Å². The maximum atomic E-state index is 11.7. The molecule has 2 saturated carbocycles. The molecule has 2 rings (SSSR count). The third-order valence-corrected chi connectivity index (χ3v) is 4.29. The van der Waals surface area contributed by atoms with Crippen LogP contribution in [0.4, 0.5) is 0 Å². The van der Waals surface area contributed by atoms with Gasteiger partial charge in [0.2, 0.25) is 5.78 Å². The summed E-state index contributed by atoms with van der Waals surface area (Å²) in [4.78, 5) is 14.6. The molecule has 76 valence electrons. The molecule has 2 fully saturated rings. The van der Waals surface area contributed by atoms with Crippen LogP contribution in [-0.2, 0) is 4.79 Å². The fourth-order valence-corrected chi connectivity index (χ4v) is 3.59. The van der Waals surface area contributed by atoms with Crippen LogP contribution in [0.25, 0.3) is 5.53 Å². The number of ketones is 1. The zero-order valence-corrected chi connectivity index (χ0v) is 8.73. The van der Waals surface area contributed by atoms with Crippen molar-refractivity contribution in [1.29, 1.82) is 0 Å². The standard InChI is InChI=1S/C11H16N2O/c1-11(2)8-4-3-7(5-8)10(11)9(14)6-13-12/h6-8,10H,3-5H2,1-2H3/t7-,8+,10+/m1/s1. The second-order valence-electron chi connectivity index (χ2n) is 5.22. The minimum atomic E-state index is 0.00435. The fourth-order valence-electron chi connectivity index (χ4n) is 3.59. The summed E-state index contributed by atoms with van der Waals surface area (Å²) in [5.74, 6) is 1.30. The zero-order chi connectivity index (χ0) is 10.3. The largest absolute Gasteiger partial charge is 0.361 e. The fraction of sp³-hybridized carbons (Fsp3) is 0.818. The monoisotopic (exact) mass is 192 g/mol. The van der Waals surface area contributed by atoms with Crippen molar-refractivity contribution >= 4 is 12.0 Å². The van der Waals surface area contributed by atoms with E-state index in [1.54, 1.807) is 0 Å². The maximum Gasteiger partial charge on any atom is 0.323 e. The number of fused-ring (bicyclic) bond motifs is 2. The van der Waals surface area contributed by atoms with Crippen LogP contribution in [-0.4, -0.2) is 16.8 Å². The Balaban J connectivity index is 2.27. The molecule has 0 saturated heterocycles. The van der Waals surface area contributed by atoms with Gasteiger partial charge in [0.05, 0.1) is 0 Å². The second-order valence-corrected chi connectivity index (χ2v) is 5.22. The molecule has 14 heavy (non-hydrogen) atoms. The number of carbonyl (C=O) groups excluding carboxylic acids is 1. The molecule has 0 aromatic rings. The first kappa shape index (κ1) is 9.60. The molecule has 0 radical (unpaired) electrons. The molecule has 3 heteroatoms. The van der Waals surface area contributed by atoms with E-state index in [0.717, 1.165) is 6.21 Å². The van der Waals surface area contributed by atoms with Crippen molar-refractivity contribution < 1.29 is 9.58 Å². The van der Waals surface area contributed by atoms with Gasteiger partial charge in [-0.3, -0.25) is 4.79 Å². The Kier molecular flexibility index (Phi) is 2.07. The highest BCUT2D eigenvalue weighted by molar-refractivity contribution is 6.26. The highest BCUT2D eigenvalue weighted by Crippen LogP contribution is 2.59. The minimum Gasteiger partial charge on any atom is -0.361 e. The Labute approximate surface area is 84.1 Å². The van der Waals surface area contributed by atoms with Gasteiger partial charge < -0.3 is 5.53 Å². The summed E-state index contributed by atoms with van der Waals surface area (Å²) in [5.41, 5.74) is 8.48. The molecule has 2 aliphatic rings. The third kappa shape index (κ3) is 1.16. The number of carbonyl (C=O) groups is 1. The molecule has 0 N–H and O–H groups in total. The van der Waals surface area contributed by atoms with E-state index in [9.17, 15) is 4.79 Å². The van der Waals surface area contributed by atoms with Crippen LogP contribution in [0.15, 0.2) is 0 Å². The van der Waals surface area contributed by atoms with Gasteiger partial charge in [-0.2, -0.15) is 4.79 Å². The van der Waals surface area contributed by atoms with Crippen molar-refractivity contribution in [3.8, 4) is 0 Å². The van der Waals surface area contributed by atoms with Gasteiger partial charge in [-0.15, -0.1) is 0 Å². The predicted molar refractivity (Wildman–Crippen MR) is 52.8 cm³/mol. The molecule has 0 heterocycles. The average molecular weight is 192 g/mol. The lowest BCUT2D eigenvalue weighted by atomic mass is 9.67. The molecule has 0 aromatic carbocycles. The summed E-state index contributed by atoms with van der Waals surface area (Å²) < 4.78 is 0. The molecule has 0 unspecified atom stereocenters. The Morgan fingerprint density at radius 1 is 1.50 bits per heavy atom. The first-order chi connectivity index (χ1) is 6.57. The van der Waals surface area contributed by atoms with Crippen molar-refractivity contribution in [2.75, 3.05) is 0 Å². The lowest BCUT2D eigenvalue weighted by molar-refractivity contribution is -0.125. The molecule has 0 amide bonds. The first-order valence-corrected chi connectivity index (χ1v) is 5.28. The summed E-state index contributed by atoms with van der Waals surface area (Å²) in [6.07, 6.45) is 4.69. The summed E-state index contributed by atoms with van der Waals surface area (Å²) in [6, 6.07) is 0. The SMILES string of the molecule is CC1(C)[C@H]2CC[C@H](C2)[C@H]1C(=O)C=[N+]=[N-]. The molecule has 0 aliphatic heterocycles. The Morgan fingerprint density at radius 3 is 2.71 bits per heavy atom. The van der Waals surface area contributed by atoms with E-state index in [-0.39, 0.29) is 17.1 Å². The molecule has 3 atom stereocenters. The van der Waals surface area contributed by atoms with Gasteiger partial charge in [0.1, 0.15) is 0 Å². The highest BCUT2D eigenvalue weighted by atomic mass is 16.1. The van der Waals surface area contributed by atoms with Gasteiger partial charge >= 0.3 is 6.21 Å². The normalized spacial score (nSPS) is 38.0. The van der Waals surface area contributed by atoms with E-state index >= 15 is 0 Å². The number of hydrogen-bond donors (Lipinski definition) is 0. The summed E-state index contributed by atoms with van der Waals surface area (Å²) in [6.45, 7) is 4.34. The molecule has 2 bridgehead atoms. The van der Waals surface area contributed by atoms with Gasteiger partial charge in [-0.1, -0.05) is 13.8 Å². The van der Waals surface area contributed by atoms with E-state index < -0.39 is 0 Å². The number of hydrogen-bond acceptors (Lipinski definition) is 1. The lowest BCUT2D eigenvalue weighted by Gasteiger charge is -2.35. The van der Waals surface area contributed by atoms with Crippen LogP contribution in [0.5, 0.6) is 0 Å². The van der Waals surface area contributed by atoms with E-state index in [1.165, 1.54) is 19.3 Å². The second kappa shape index (κ2) is 3.03. The van der Waals surface area contributed by atoms with Gasteiger partial charge in [0, 0.05) is 5.92 Å². The quantitative estimate of drug-likeness (QED) is 0.374. The van der Waals surface area contributed by atoms with Crippen LogP contribution in [0.1, 0.15) is 33.1 Å². The van der Waals surface area contributed by atoms with Crippen LogP contribution >= 0.6 is 0 Å². The summed E-state index contributed by atoms with van der Waals surface area (Å²) in [5, 5.41) is 0. The van der Waals surface area contributed by atoms with Crippen LogP contribution in [0, 0.1) is 23.2 Å². The van der Waals surface area contributed by atoms with Crippen molar-refractivity contribution in [2.24, 2.45) is 23.2 Å². The molecule has 3 nitrogen and oxygen atoms in total. The molecule has 0 spiro atoms. The molecular weight excluding hydrogens is 176 g/mol. The lowest BCUT2D eigenvalue weighted by Crippen LogP contribution is -2.36. The summed E-state index contributed by atoms with van der Waals surface area (Å²) >= 11 is 0. The topological polar surface area (TPSA) is 53.5 Å². The van der Waals surface area contributed by atoms with Crippen molar-refractivity contribution in [2.45, 2.75) is 33.1 Å². The Bertz CT molecular complexity index is 315. The van der Waals surface area contributed by atoms with Gasteiger partial charge in [-0.05, 0) is 36.5 Å². The van der Waals surface area contributed by atoms with Crippen molar-refractivity contribution in [1.82, 2.24) is 0 Å². The Hall–Kier alpha value is -0.950. The Morgan fingerprint density at radius 2 is 2.21 bits per heavy atom. The number of rotatable bonds is 2. The predicted octanol–water partition coefficient (Wildman–Crippen LogP) is 1.93. The van der Waals surface area contributed by atoms with Crippen LogP contribution in [0.3, 0.4) is 0 Å². The average Bonchev–Trinajstić information content (AvgIpc) is 2.61. The third-order valence-electron chi connectivity index (χ3n) is 4.29. The van der Waals surface area contributed by atoms with E-state index in [1.807, 2.05) is 0 Å². The van der Waals surface area contributed by atoms with Crippen LogP contribution in [0.2, 0.25) is 0 Å². The van der Waals surface area contributed by atoms with Crippen molar-refractivity contribution in [3.63, 3.8) is 0 Å². The first-order valence-electron chi connectivity index (χ1n) is 5.28. The minimum absolute atomic E-state index is 0.00435. The van der Waals surface area contributed by atoms with Gasteiger partial charge in [0.25, 0.3) is 0 Å². The number of nitrogens with zero attached hydrogens (tertiary/aromatic N) is 2. The highest BCUT2D eigenvalue weighted by Gasteiger charge is 2.55. The zero-order valence-electron chi connectivity index (χ0n) is 8.73. The molecule has 2 aliphatic carbocycles. The smallest absolute Gasteiger partial charge is 0.323 e. The molecular formula is C11H16N2O.